The molecule has 0 N–H and O–H groups in total. The number of aryl methyl sites for hydroxylation is 2. The molecule has 0 aliphatic carbocycles. The molecular formula is C19H25N3O2. The SMILES string of the molecule is Cc1c(CN(C=O)C2CCN(C(C)C)C2=O)n(C)c2ccccc12. The van der Waals surface area contributed by atoms with Gasteiger partial charge in [0.2, 0.25) is 12.3 Å². The molecule has 1 aromatic carbocycles. The van der Waals surface area contributed by atoms with E-state index in [0.717, 1.165) is 24.2 Å². The molecule has 0 saturated carbocycles. The molecule has 0 bridgehead atoms. The van der Waals surface area contributed by atoms with Crippen LogP contribution >= 0.6 is 0 Å². The number of carbonyl (C=O) groups is 2. The van der Waals surface area contributed by atoms with Crippen molar-refractivity contribution in [1.29, 1.82) is 0 Å². The first kappa shape index (κ1) is 16.6. The van der Waals surface area contributed by atoms with Crippen LogP contribution in [0.25, 0.3) is 10.9 Å². The monoisotopic (exact) mass is 327 g/mol. The van der Waals surface area contributed by atoms with Gasteiger partial charge in [-0.3, -0.25) is 9.59 Å². The van der Waals surface area contributed by atoms with Crippen LogP contribution in [0, 0.1) is 6.92 Å². The smallest absolute Gasteiger partial charge is 0.245 e. The number of nitrogens with zero attached hydrogens (tertiary/aromatic N) is 3. The van der Waals surface area contributed by atoms with Crippen LogP contribution in [0.4, 0.5) is 0 Å². The quantitative estimate of drug-likeness (QED) is 0.792. The zero-order valence-corrected chi connectivity index (χ0v) is 14.8. The van der Waals surface area contributed by atoms with Gasteiger partial charge in [-0.15, -0.1) is 0 Å². The summed E-state index contributed by atoms with van der Waals surface area (Å²) < 4.78 is 2.13. The maximum atomic E-state index is 12.6. The molecule has 0 radical (unpaired) electrons. The fourth-order valence-electron chi connectivity index (χ4n) is 3.76. The molecule has 2 heterocycles. The average molecular weight is 327 g/mol. The number of amides is 2. The van der Waals surface area contributed by atoms with Crippen LogP contribution in [0.5, 0.6) is 0 Å². The van der Waals surface area contributed by atoms with Crippen LogP contribution < -0.4 is 0 Å². The number of carbonyl (C=O) groups excluding carboxylic acids is 2. The van der Waals surface area contributed by atoms with Crippen molar-refractivity contribution in [3.63, 3.8) is 0 Å². The van der Waals surface area contributed by atoms with Gasteiger partial charge in [0.1, 0.15) is 6.04 Å². The van der Waals surface area contributed by atoms with E-state index in [-0.39, 0.29) is 18.0 Å². The molecule has 1 aliphatic rings. The van der Waals surface area contributed by atoms with E-state index in [1.807, 2.05) is 37.9 Å². The summed E-state index contributed by atoms with van der Waals surface area (Å²) in [5, 5.41) is 1.20. The molecule has 1 fully saturated rings. The zero-order valence-electron chi connectivity index (χ0n) is 14.8. The van der Waals surface area contributed by atoms with E-state index < -0.39 is 0 Å². The van der Waals surface area contributed by atoms with Crippen molar-refractivity contribution in [2.24, 2.45) is 7.05 Å². The van der Waals surface area contributed by atoms with Crippen molar-refractivity contribution in [2.75, 3.05) is 6.54 Å². The minimum atomic E-state index is -0.345. The first-order valence-corrected chi connectivity index (χ1v) is 8.50. The summed E-state index contributed by atoms with van der Waals surface area (Å²) in [6, 6.07) is 8.05. The Balaban J connectivity index is 1.90. The lowest BCUT2D eigenvalue weighted by molar-refractivity contribution is -0.137. The molecular weight excluding hydrogens is 302 g/mol. The number of hydrogen-bond donors (Lipinski definition) is 0. The third-order valence-electron chi connectivity index (χ3n) is 5.21. The van der Waals surface area contributed by atoms with E-state index >= 15 is 0 Å². The highest BCUT2D eigenvalue weighted by Crippen LogP contribution is 2.27. The summed E-state index contributed by atoms with van der Waals surface area (Å²) in [4.78, 5) is 27.8. The molecule has 128 valence electrons. The van der Waals surface area contributed by atoms with Crippen LogP contribution in [0.3, 0.4) is 0 Å². The number of fused-ring (bicyclic) bond motifs is 1. The van der Waals surface area contributed by atoms with Gasteiger partial charge in [-0.05, 0) is 38.8 Å². The molecule has 5 nitrogen and oxygen atoms in total. The molecule has 1 unspecified atom stereocenters. The number of likely N-dealkylation sites (tertiary alicyclic amines) is 1. The topological polar surface area (TPSA) is 45.6 Å². The van der Waals surface area contributed by atoms with Crippen molar-refractivity contribution < 1.29 is 9.59 Å². The van der Waals surface area contributed by atoms with Gasteiger partial charge in [-0.1, -0.05) is 18.2 Å². The molecule has 3 rings (SSSR count). The second-order valence-corrected chi connectivity index (χ2v) is 6.86. The molecule has 1 aromatic heterocycles. The maximum Gasteiger partial charge on any atom is 0.245 e. The first-order chi connectivity index (χ1) is 11.5. The number of benzene rings is 1. The molecule has 1 saturated heterocycles. The second-order valence-electron chi connectivity index (χ2n) is 6.86. The number of rotatable bonds is 5. The lowest BCUT2D eigenvalue weighted by Gasteiger charge is -2.26. The molecule has 1 atom stereocenters. The molecule has 2 aromatic rings. The Morgan fingerprint density at radius 2 is 2.04 bits per heavy atom. The Labute approximate surface area is 142 Å². The van der Waals surface area contributed by atoms with E-state index in [9.17, 15) is 9.59 Å². The lowest BCUT2D eigenvalue weighted by atomic mass is 10.1. The van der Waals surface area contributed by atoms with Gasteiger partial charge >= 0.3 is 0 Å². The summed E-state index contributed by atoms with van der Waals surface area (Å²) >= 11 is 0. The van der Waals surface area contributed by atoms with Crippen molar-refractivity contribution in [3.05, 3.63) is 35.5 Å². The van der Waals surface area contributed by atoms with Crippen molar-refractivity contribution in [2.45, 2.75) is 45.8 Å². The number of para-hydroxylation sites is 1. The molecule has 24 heavy (non-hydrogen) atoms. The molecule has 0 spiro atoms. The minimum absolute atomic E-state index is 0.0634. The van der Waals surface area contributed by atoms with Crippen molar-refractivity contribution in [3.8, 4) is 0 Å². The average Bonchev–Trinajstić information content (AvgIpc) is 3.06. The summed E-state index contributed by atoms with van der Waals surface area (Å²) in [5.74, 6) is 0.0634. The predicted octanol–water partition coefficient (Wildman–Crippen LogP) is 2.45. The normalized spacial score (nSPS) is 18.0. The summed E-state index contributed by atoms with van der Waals surface area (Å²) in [6.45, 7) is 7.29. The Kier molecular flexibility index (Phi) is 4.35. The molecule has 2 amide bonds. The van der Waals surface area contributed by atoms with Gasteiger partial charge in [-0.25, -0.2) is 0 Å². The summed E-state index contributed by atoms with van der Waals surface area (Å²) in [6.07, 6.45) is 1.53. The van der Waals surface area contributed by atoms with Gasteiger partial charge in [0.05, 0.1) is 6.54 Å². The Bertz CT molecular complexity index is 739. The van der Waals surface area contributed by atoms with Crippen LogP contribution in [0.1, 0.15) is 31.5 Å². The standard InChI is InChI=1S/C19H25N3O2/c1-13(2)22-10-9-17(19(22)24)21(12-23)11-18-14(3)15-7-5-6-8-16(15)20(18)4/h5-8,12-13,17H,9-11H2,1-4H3. The van der Waals surface area contributed by atoms with Gasteiger partial charge in [0, 0.05) is 36.2 Å². The Morgan fingerprint density at radius 3 is 2.62 bits per heavy atom. The van der Waals surface area contributed by atoms with Crippen LogP contribution in [-0.4, -0.2) is 45.3 Å². The first-order valence-electron chi connectivity index (χ1n) is 8.50. The highest BCUT2D eigenvalue weighted by Gasteiger charge is 2.37. The largest absolute Gasteiger partial charge is 0.346 e. The fourth-order valence-corrected chi connectivity index (χ4v) is 3.76. The number of aromatic nitrogens is 1. The van der Waals surface area contributed by atoms with Crippen molar-refractivity contribution in [1.82, 2.24) is 14.4 Å². The van der Waals surface area contributed by atoms with Crippen LogP contribution in [0.15, 0.2) is 24.3 Å². The molecule has 1 aliphatic heterocycles. The zero-order chi connectivity index (χ0) is 17.4. The van der Waals surface area contributed by atoms with E-state index in [1.165, 1.54) is 10.9 Å². The predicted molar refractivity (Wildman–Crippen MR) is 94.5 cm³/mol. The number of hydrogen-bond acceptors (Lipinski definition) is 2. The van der Waals surface area contributed by atoms with Crippen LogP contribution in [0.2, 0.25) is 0 Å². The lowest BCUT2D eigenvalue weighted by Crippen LogP contribution is -2.43. The molecule has 5 heteroatoms. The van der Waals surface area contributed by atoms with Gasteiger partial charge < -0.3 is 14.4 Å². The van der Waals surface area contributed by atoms with Gasteiger partial charge in [-0.2, -0.15) is 0 Å². The van der Waals surface area contributed by atoms with E-state index in [2.05, 4.69) is 23.6 Å². The van der Waals surface area contributed by atoms with E-state index in [4.69, 9.17) is 0 Å². The third kappa shape index (κ3) is 2.58. The van der Waals surface area contributed by atoms with Gasteiger partial charge in [0.25, 0.3) is 0 Å². The maximum absolute atomic E-state index is 12.6. The van der Waals surface area contributed by atoms with E-state index in [1.54, 1.807) is 4.90 Å². The summed E-state index contributed by atoms with van der Waals surface area (Å²) in [7, 11) is 2.02. The minimum Gasteiger partial charge on any atom is -0.346 e. The Hall–Kier alpha value is -2.30. The van der Waals surface area contributed by atoms with E-state index in [0.29, 0.717) is 13.0 Å². The second kappa shape index (κ2) is 6.30. The summed E-state index contributed by atoms with van der Waals surface area (Å²) in [5.41, 5.74) is 3.41. The van der Waals surface area contributed by atoms with Crippen LogP contribution in [-0.2, 0) is 23.2 Å². The third-order valence-corrected chi connectivity index (χ3v) is 5.21. The Morgan fingerprint density at radius 1 is 1.33 bits per heavy atom. The fraction of sp³-hybridized carbons (Fsp3) is 0.474. The van der Waals surface area contributed by atoms with Gasteiger partial charge in [0.15, 0.2) is 0 Å². The highest BCUT2D eigenvalue weighted by atomic mass is 16.2. The van der Waals surface area contributed by atoms with Crippen molar-refractivity contribution >= 4 is 23.2 Å². The highest BCUT2D eigenvalue weighted by molar-refractivity contribution is 5.87.